The zero-order chi connectivity index (χ0) is 13.8. The second-order valence-electron chi connectivity index (χ2n) is 5.80. The maximum absolute atomic E-state index is 5.92. The number of hydrogen-bond acceptors (Lipinski definition) is 4. The number of nitrogens with zero attached hydrogens (tertiary/aromatic N) is 2. The zero-order valence-corrected chi connectivity index (χ0v) is 12.1. The van der Waals surface area contributed by atoms with Crippen molar-refractivity contribution in [2.24, 2.45) is 11.1 Å². The van der Waals surface area contributed by atoms with Gasteiger partial charge < -0.3 is 10.5 Å². The van der Waals surface area contributed by atoms with E-state index in [1.54, 1.807) is 7.11 Å². The minimum absolute atomic E-state index is 0.0178. The summed E-state index contributed by atoms with van der Waals surface area (Å²) >= 11 is 0. The first-order valence-electron chi connectivity index (χ1n) is 6.47. The summed E-state index contributed by atoms with van der Waals surface area (Å²) in [5, 5.41) is 0. The van der Waals surface area contributed by atoms with E-state index in [4.69, 9.17) is 10.5 Å². The van der Waals surface area contributed by atoms with Crippen LogP contribution < -0.4 is 5.73 Å². The Hall–Kier alpha value is -1.00. The molecule has 0 amide bonds. The molecule has 2 atom stereocenters. The topological polar surface area (TPSA) is 61.0 Å². The second kappa shape index (κ2) is 6.25. The minimum Gasteiger partial charge on any atom is -0.373 e. The number of ether oxygens (including phenoxy) is 1. The Morgan fingerprint density at radius 3 is 2.22 bits per heavy atom. The van der Waals surface area contributed by atoms with Crippen LogP contribution in [0.5, 0.6) is 0 Å². The number of hydrogen-bond donors (Lipinski definition) is 1. The minimum atomic E-state index is -0.0913. The van der Waals surface area contributed by atoms with E-state index in [1.807, 2.05) is 12.4 Å². The van der Waals surface area contributed by atoms with Crippen molar-refractivity contribution in [2.45, 2.75) is 52.7 Å². The van der Waals surface area contributed by atoms with Crippen LogP contribution in [0, 0.1) is 5.41 Å². The van der Waals surface area contributed by atoms with Gasteiger partial charge in [0.1, 0.15) is 6.10 Å². The van der Waals surface area contributed by atoms with Gasteiger partial charge in [-0.1, -0.05) is 27.7 Å². The van der Waals surface area contributed by atoms with Crippen LogP contribution >= 0.6 is 0 Å². The average molecular weight is 251 g/mol. The largest absolute Gasteiger partial charge is 0.373 e. The Morgan fingerprint density at radius 2 is 1.83 bits per heavy atom. The van der Waals surface area contributed by atoms with E-state index >= 15 is 0 Å². The molecule has 0 aliphatic heterocycles. The molecule has 0 saturated carbocycles. The van der Waals surface area contributed by atoms with Crippen molar-refractivity contribution >= 4 is 0 Å². The highest BCUT2D eigenvalue weighted by atomic mass is 16.5. The Labute approximate surface area is 110 Å². The summed E-state index contributed by atoms with van der Waals surface area (Å²) in [6, 6.07) is 0.181. The fraction of sp³-hybridized carbons (Fsp3) is 0.714. The summed E-state index contributed by atoms with van der Waals surface area (Å²) in [5.74, 6) is 0.735. The molecule has 0 radical (unpaired) electrons. The number of methoxy groups -OCH3 is 1. The molecule has 0 bridgehead atoms. The molecule has 18 heavy (non-hydrogen) atoms. The van der Waals surface area contributed by atoms with Crippen LogP contribution in [0.2, 0.25) is 0 Å². The zero-order valence-electron chi connectivity index (χ0n) is 12.1. The summed E-state index contributed by atoms with van der Waals surface area (Å²) in [6.07, 6.45) is 5.41. The molecule has 0 aliphatic rings. The number of rotatable bonds is 5. The van der Waals surface area contributed by atoms with Gasteiger partial charge in [-0.15, -0.1) is 0 Å². The Bertz CT molecular complexity index is 356. The molecule has 4 heteroatoms. The molecular weight excluding hydrogens is 226 g/mol. The van der Waals surface area contributed by atoms with E-state index in [1.165, 1.54) is 0 Å². The van der Waals surface area contributed by atoms with Crippen molar-refractivity contribution in [2.75, 3.05) is 7.11 Å². The van der Waals surface area contributed by atoms with Crippen LogP contribution in [-0.4, -0.2) is 23.1 Å². The molecule has 0 saturated heterocycles. The van der Waals surface area contributed by atoms with Gasteiger partial charge in [-0.3, -0.25) is 0 Å². The first kappa shape index (κ1) is 15.1. The first-order valence-corrected chi connectivity index (χ1v) is 6.47. The molecule has 4 nitrogen and oxygen atoms in total. The Kier molecular flexibility index (Phi) is 5.23. The monoisotopic (exact) mass is 251 g/mol. The standard InChI is InChI=1S/C14H25N3O/c1-6-11(15)7-10-8-16-13(17-9-10)12(18-5)14(2,3)4/h8-9,11-12H,6-7,15H2,1-5H3. The van der Waals surface area contributed by atoms with Gasteiger partial charge in [-0.05, 0) is 23.8 Å². The van der Waals surface area contributed by atoms with Crippen molar-refractivity contribution in [3.8, 4) is 0 Å². The van der Waals surface area contributed by atoms with Crippen LogP contribution in [0.25, 0.3) is 0 Å². The van der Waals surface area contributed by atoms with Gasteiger partial charge in [0.05, 0.1) is 0 Å². The van der Waals surface area contributed by atoms with Gasteiger partial charge in [0, 0.05) is 25.5 Å². The molecule has 2 N–H and O–H groups in total. The van der Waals surface area contributed by atoms with Crippen LogP contribution in [0.1, 0.15) is 51.6 Å². The predicted octanol–water partition coefficient (Wildman–Crippen LogP) is 2.49. The maximum atomic E-state index is 5.92. The molecule has 0 aliphatic carbocycles. The Balaban J connectivity index is 2.81. The van der Waals surface area contributed by atoms with Crippen LogP contribution in [0.4, 0.5) is 0 Å². The molecule has 1 heterocycles. The molecule has 0 fully saturated rings. The predicted molar refractivity (Wildman–Crippen MR) is 73.2 cm³/mol. The second-order valence-corrected chi connectivity index (χ2v) is 5.80. The van der Waals surface area contributed by atoms with Crippen molar-refractivity contribution in [3.05, 3.63) is 23.8 Å². The van der Waals surface area contributed by atoms with Gasteiger partial charge in [0.25, 0.3) is 0 Å². The molecule has 0 spiro atoms. The molecule has 1 aromatic rings. The third kappa shape index (κ3) is 4.03. The van der Waals surface area contributed by atoms with E-state index in [0.29, 0.717) is 0 Å². The third-order valence-corrected chi connectivity index (χ3v) is 3.00. The smallest absolute Gasteiger partial charge is 0.157 e. The van der Waals surface area contributed by atoms with E-state index in [-0.39, 0.29) is 17.6 Å². The molecule has 1 rings (SSSR count). The van der Waals surface area contributed by atoms with E-state index < -0.39 is 0 Å². The highest BCUT2D eigenvalue weighted by Crippen LogP contribution is 2.33. The highest BCUT2D eigenvalue weighted by molar-refractivity contribution is 5.09. The summed E-state index contributed by atoms with van der Waals surface area (Å²) in [4.78, 5) is 8.82. The lowest BCUT2D eigenvalue weighted by molar-refractivity contribution is 0.00860. The molecule has 102 valence electrons. The molecule has 0 aromatic carbocycles. The van der Waals surface area contributed by atoms with Crippen LogP contribution in [0.3, 0.4) is 0 Å². The summed E-state index contributed by atoms with van der Waals surface area (Å²) in [6.45, 7) is 8.43. The Morgan fingerprint density at radius 1 is 1.28 bits per heavy atom. The van der Waals surface area contributed by atoms with Gasteiger partial charge in [0.2, 0.25) is 0 Å². The highest BCUT2D eigenvalue weighted by Gasteiger charge is 2.28. The summed E-state index contributed by atoms with van der Waals surface area (Å²) in [5.41, 5.74) is 6.98. The fourth-order valence-corrected chi connectivity index (χ4v) is 1.90. The third-order valence-electron chi connectivity index (χ3n) is 3.00. The van der Waals surface area contributed by atoms with Gasteiger partial charge in [-0.2, -0.15) is 0 Å². The first-order chi connectivity index (χ1) is 8.38. The fourth-order valence-electron chi connectivity index (χ4n) is 1.90. The lowest BCUT2D eigenvalue weighted by Crippen LogP contribution is -2.24. The van der Waals surface area contributed by atoms with Crippen molar-refractivity contribution in [1.82, 2.24) is 9.97 Å². The normalized spacial score (nSPS) is 15.4. The maximum Gasteiger partial charge on any atom is 0.157 e. The average Bonchev–Trinajstić information content (AvgIpc) is 2.30. The molecule has 2 unspecified atom stereocenters. The van der Waals surface area contributed by atoms with E-state index in [9.17, 15) is 0 Å². The summed E-state index contributed by atoms with van der Waals surface area (Å²) < 4.78 is 5.49. The summed E-state index contributed by atoms with van der Waals surface area (Å²) in [7, 11) is 1.69. The van der Waals surface area contributed by atoms with Crippen LogP contribution in [-0.2, 0) is 11.2 Å². The quantitative estimate of drug-likeness (QED) is 0.873. The van der Waals surface area contributed by atoms with Gasteiger partial charge >= 0.3 is 0 Å². The number of aromatic nitrogens is 2. The van der Waals surface area contributed by atoms with Gasteiger partial charge in [-0.25, -0.2) is 9.97 Å². The molecular formula is C14H25N3O. The van der Waals surface area contributed by atoms with Crippen LogP contribution in [0.15, 0.2) is 12.4 Å². The van der Waals surface area contributed by atoms with Gasteiger partial charge in [0.15, 0.2) is 5.82 Å². The SMILES string of the molecule is CCC(N)Cc1cnc(C(OC)C(C)(C)C)nc1. The van der Waals surface area contributed by atoms with E-state index in [0.717, 1.165) is 24.2 Å². The van der Waals surface area contributed by atoms with Crippen molar-refractivity contribution in [3.63, 3.8) is 0 Å². The van der Waals surface area contributed by atoms with Crippen molar-refractivity contribution in [1.29, 1.82) is 0 Å². The lowest BCUT2D eigenvalue weighted by atomic mass is 9.88. The molecule has 1 aromatic heterocycles. The van der Waals surface area contributed by atoms with E-state index in [2.05, 4.69) is 37.7 Å². The number of nitrogens with two attached hydrogens (primary N) is 1. The van der Waals surface area contributed by atoms with Crippen molar-refractivity contribution < 1.29 is 4.74 Å². The lowest BCUT2D eigenvalue weighted by Gasteiger charge is -2.27.